The summed E-state index contributed by atoms with van der Waals surface area (Å²) in [7, 11) is 3.12. The molecule has 1 aromatic heterocycles. The molecule has 0 unspecified atom stereocenters. The van der Waals surface area contributed by atoms with Crippen LogP contribution in [-0.4, -0.2) is 57.5 Å². The van der Waals surface area contributed by atoms with E-state index in [1.807, 2.05) is 45.0 Å². The number of para-hydroxylation sites is 1. The maximum atomic E-state index is 13.8. The first kappa shape index (κ1) is 24.5. The molecule has 0 bridgehead atoms. The van der Waals surface area contributed by atoms with Crippen LogP contribution in [0.4, 0.5) is 0 Å². The van der Waals surface area contributed by atoms with Crippen LogP contribution in [0.3, 0.4) is 0 Å². The molecule has 35 heavy (non-hydrogen) atoms. The number of carbonyl (C=O) groups excluding carboxylic acids is 2. The SMILES string of the molecule is CCC(C)(C)NC(=O)[C@H](c1ccc(OC)cc1OC)N(C(=O)Cn1nnc2ccccc21)C1CC1. The van der Waals surface area contributed by atoms with Crippen LogP contribution in [0.1, 0.15) is 51.6 Å². The zero-order chi connectivity index (χ0) is 25.2. The average Bonchev–Trinajstić information content (AvgIpc) is 3.62. The molecule has 1 atom stereocenters. The molecule has 1 N–H and O–H groups in total. The van der Waals surface area contributed by atoms with E-state index in [2.05, 4.69) is 15.6 Å². The van der Waals surface area contributed by atoms with Gasteiger partial charge in [0.1, 0.15) is 29.6 Å². The van der Waals surface area contributed by atoms with Crippen LogP contribution in [0.25, 0.3) is 11.0 Å². The monoisotopic (exact) mass is 479 g/mol. The van der Waals surface area contributed by atoms with Crippen molar-refractivity contribution in [2.75, 3.05) is 14.2 Å². The van der Waals surface area contributed by atoms with Crippen molar-refractivity contribution < 1.29 is 19.1 Å². The topological polar surface area (TPSA) is 98.6 Å². The van der Waals surface area contributed by atoms with Crippen molar-refractivity contribution in [2.24, 2.45) is 0 Å². The Hall–Kier alpha value is -3.62. The molecule has 9 heteroatoms. The number of nitrogens with zero attached hydrogens (tertiary/aromatic N) is 4. The zero-order valence-corrected chi connectivity index (χ0v) is 20.9. The maximum Gasteiger partial charge on any atom is 0.248 e. The summed E-state index contributed by atoms with van der Waals surface area (Å²) in [6.07, 6.45) is 2.42. The number of amides is 2. The van der Waals surface area contributed by atoms with Crippen LogP contribution in [0, 0.1) is 0 Å². The van der Waals surface area contributed by atoms with Gasteiger partial charge in [-0.05, 0) is 57.4 Å². The van der Waals surface area contributed by atoms with Crippen molar-refractivity contribution >= 4 is 22.8 Å². The molecule has 0 saturated heterocycles. The molecule has 186 valence electrons. The van der Waals surface area contributed by atoms with Gasteiger partial charge in [-0.2, -0.15) is 0 Å². The molecule has 0 aliphatic heterocycles. The number of nitrogens with one attached hydrogen (secondary N) is 1. The summed E-state index contributed by atoms with van der Waals surface area (Å²) in [6, 6.07) is 11.9. The van der Waals surface area contributed by atoms with Gasteiger partial charge in [0.2, 0.25) is 11.8 Å². The highest BCUT2D eigenvalue weighted by atomic mass is 16.5. The largest absolute Gasteiger partial charge is 0.497 e. The van der Waals surface area contributed by atoms with Crippen molar-refractivity contribution in [3.63, 3.8) is 0 Å². The Morgan fingerprint density at radius 2 is 1.91 bits per heavy atom. The number of carbonyl (C=O) groups is 2. The van der Waals surface area contributed by atoms with Gasteiger partial charge in [-0.1, -0.05) is 24.3 Å². The number of rotatable bonds is 10. The van der Waals surface area contributed by atoms with E-state index in [0.717, 1.165) is 24.8 Å². The van der Waals surface area contributed by atoms with Crippen LogP contribution < -0.4 is 14.8 Å². The molecule has 1 saturated carbocycles. The number of hydrogen-bond donors (Lipinski definition) is 1. The minimum atomic E-state index is -0.864. The van der Waals surface area contributed by atoms with Crippen LogP contribution in [0.5, 0.6) is 11.5 Å². The highest BCUT2D eigenvalue weighted by Gasteiger charge is 2.43. The normalized spacial score (nSPS) is 14.4. The first-order chi connectivity index (χ1) is 16.8. The highest BCUT2D eigenvalue weighted by molar-refractivity contribution is 5.90. The molecule has 1 heterocycles. The van der Waals surface area contributed by atoms with Gasteiger partial charge in [0.05, 0.1) is 19.7 Å². The Bertz CT molecular complexity index is 1220. The third-order valence-corrected chi connectivity index (χ3v) is 6.54. The third-order valence-electron chi connectivity index (χ3n) is 6.54. The lowest BCUT2D eigenvalue weighted by atomic mass is 9.97. The summed E-state index contributed by atoms with van der Waals surface area (Å²) in [6.45, 7) is 5.94. The fraction of sp³-hybridized carbons (Fsp3) is 0.462. The van der Waals surface area contributed by atoms with E-state index in [9.17, 15) is 9.59 Å². The minimum Gasteiger partial charge on any atom is -0.497 e. The van der Waals surface area contributed by atoms with Crippen molar-refractivity contribution in [3.05, 3.63) is 48.0 Å². The Labute approximate surface area is 205 Å². The van der Waals surface area contributed by atoms with E-state index in [4.69, 9.17) is 9.47 Å². The summed E-state index contributed by atoms with van der Waals surface area (Å²) in [5.74, 6) is 0.653. The second-order valence-electron chi connectivity index (χ2n) is 9.51. The van der Waals surface area contributed by atoms with E-state index < -0.39 is 11.6 Å². The molecule has 1 fully saturated rings. The third kappa shape index (κ3) is 5.23. The fourth-order valence-electron chi connectivity index (χ4n) is 4.11. The average molecular weight is 480 g/mol. The summed E-state index contributed by atoms with van der Waals surface area (Å²) in [5.41, 5.74) is 1.66. The molecule has 3 aromatic rings. The van der Waals surface area contributed by atoms with Gasteiger partial charge < -0.3 is 19.7 Å². The molecule has 0 radical (unpaired) electrons. The molecular weight excluding hydrogens is 446 g/mol. The predicted octanol–water partition coefficient (Wildman–Crippen LogP) is 3.49. The van der Waals surface area contributed by atoms with Gasteiger partial charge in [-0.25, -0.2) is 4.68 Å². The van der Waals surface area contributed by atoms with Crippen molar-refractivity contribution in [2.45, 2.75) is 64.2 Å². The molecule has 1 aliphatic rings. The van der Waals surface area contributed by atoms with E-state index in [1.54, 1.807) is 42.0 Å². The van der Waals surface area contributed by atoms with Gasteiger partial charge in [0.15, 0.2) is 0 Å². The Kier molecular flexibility index (Phi) is 6.95. The lowest BCUT2D eigenvalue weighted by Gasteiger charge is -2.35. The summed E-state index contributed by atoms with van der Waals surface area (Å²) in [5, 5.41) is 11.5. The lowest BCUT2D eigenvalue weighted by molar-refractivity contribution is -0.143. The number of fused-ring (bicyclic) bond motifs is 1. The van der Waals surface area contributed by atoms with Gasteiger partial charge >= 0.3 is 0 Å². The highest BCUT2D eigenvalue weighted by Crippen LogP contribution is 2.39. The summed E-state index contributed by atoms with van der Waals surface area (Å²) >= 11 is 0. The number of methoxy groups -OCH3 is 2. The number of ether oxygens (including phenoxy) is 2. The van der Waals surface area contributed by atoms with E-state index in [-0.39, 0.29) is 24.4 Å². The molecule has 1 aliphatic carbocycles. The smallest absolute Gasteiger partial charge is 0.248 e. The summed E-state index contributed by atoms with van der Waals surface area (Å²) < 4.78 is 12.6. The van der Waals surface area contributed by atoms with Gasteiger partial charge in [-0.15, -0.1) is 5.10 Å². The Morgan fingerprint density at radius 1 is 1.17 bits per heavy atom. The second-order valence-corrected chi connectivity index (χ2v) is 9.51. The molecule has 0 spiro atoms. The molecular formula is C26H33N5O4. The predicted molar refractivity (Wildman–Crippen MR) is 132 cm³/mol. The Morgan fingerprint density at radius 3 is 2.57 bits per heavy atom. The van der Waals surface area contributed by atoms with Gasteiger partial charge in [0.25, 0.3) is 0 Å². The van der Waals surface area contributed by atoms with E-state index in [1.165, 1.54) is 0 Å². The fourth-order valence-corrected chi connectivity index (χ4v) is 4.11. The van der Waals surface area contributed by atoms with Gasteiger partial charge in [0, 0.05) is 23.2 Å². The molecule has 9 nitrogen and oxygen atoms in total. The molecule has 2 aromatic carbocycles. The van der Waals surface area contributed by atoms with Gasteiger partial charge in [-0.3, -0.25) is 9.59 Å². The Balaban J connectivity index is 1.75. The van der Waals surface area contributed by atoms with Crippen molar-refractivity contribution in [1.82, 2.24) is 25.2 Å². The van der Waals surface area contributed by atoms with Crippen LogP contribution >= 0.6 is 0 Å². The number of aromatic nitrogens is 3. The van der Waals surface area contributed by atoms with Crippen LogP contribution in [0.15, 0.2) is 42.5 Å². The minimum absolute atomic E-state index is 0.0174. The maximum absolute atomic E-state index is 13.8. The first-order valence-electron chi connectivity index (χ1n) is 11.9. The molecule has 4 rings (SSSR count). The van der Waals surface area contributed by atoms with E-state index >= 15 is 0 Å². The quantitative estimate of drug-likeness (QED) is 0.478. The standard InChI is InChI=1S/C26H33N5O4/c1-6-26(2,3)27-25(33)24(19-14-13-18(34-4)15-22(19)35-5)31(17-11-12-17)23(32)16-30-21-10-8-7-9-20(21)28-29-30/h7-10,13-15,17,24H,6,11-12,16H2,1-5H3,(H,27,33)/t24-/m0/s1. The number of benzene rings is 2. The van der Waals surface area contributed by atoms with Crippen molar-refractivity contribution in [1.29, 1.82) is 0 Å². The van der Waals surface area contributed by atoms with Crippen molar-refractivity contribution in [3.8, 4) is 11.5 Å². The van der Waals surface area contributed by atoms with Crippen LogP contribution in [0.2, 0.25) is 0 Å². The number of hydrogen-bond acceptors (Lipinski definition) is 6. The second kappa shape index (κ2) is 9.93. The van der Waals surface area contributed by atoms with Crippen LogP contribution in [-0.2, 0) is 16.1 Å². The van der Waals surface area contributed by atoms with E-state index in [0.29, 0.717) is 22.6 Å². The summed E-state index contributed by atoms with van der Waals surface area (Å²) in [4.78, 5) is 29.3. The first-order valence-corrected chi connectivity index (χ1v) is 11.9. The lowest BCUT2D eigenvalue weighted by Crippen LogP contribution is -2.51. The zero-order valence-electron chi connectivity index (χ0n) is 20.9. The molecule has 2 amide bonds.